The van der Waals surface area contributed by atoms with Crippen LogP contribution in [0.4, 0.5) is 5.69 Å². The maximum Gasteiger partial charge on any atom is 0.259 e. The highest BCUT2D eigenvalue weighted by Crippen LogP contribution is 2.21. The first-order valence-electron chi connectivity index (χ1n) is 8.75. The molecule has 142 valence electrons. The number of aryl methyl sites for hydroxylation is 1. The maximum absolute atomic E-state index is 12.0. The lowest BCUT2D eigenvalue weighted by Gasteiger charge is -2.07. The monoisotopic (exact) mass is 485 g/mol. The van der Waals surface area contributed by atoms with E-state index in [9.17, 15) is 4.79 Å². The van der Waals surface area contributed by atoms with Crippen LogP contribution in [-0.4, -0.2) is 18.7 Å². The first-order chi connectivity index (χ1) is 13.6. The lowest BCUT2D eigenvalue weighted by molar-refractivity contribution is -0.119. The lowest BCUT2D eigenvalue weighted by Crippen LogP contribution is -2.25. The molecule has 3 aromatic carbocycles. The molecule has 0 unspecified atom stereocenters. The van der Waals surface area contributed by atoms with Crippen molar-refractivity contribution < 1.29 is 9.53 Å². The zero-order valence-electron chi connectivity index (χ0n) is 15.4. The number of hydrazone groups is 1. The van der Waals surface area contributed by atoms with Crippen LogP contribution in [0.3, 0.4) is 0 Å². The number of nitrogens with zero attached hydrogens (tertiary/aromatic N) is 1. The van der Waals surface area contributed by atoms with Gasteiger partial charge in [-0.05, 0) is 83.1 Å². The molecule has 6 heteroatoms. The summed E-state index contributed by atoms with van der Waals surface area (Å²) in [6.07, 6.45) is 1.59. The molecular formula is C22H20IN3O2. The Morgan fingerprint density at radius 1 is 1.04 bits per heavy atom. The normalized spacial score (nSPS) is 10.6. The summed E-state index contributed by atoms with van der Waals surface area (Å²) in [5.41, 5.74) is 5.42. The largest absolute Gasteiger partial charge is 0.457 e. The van der Waals surface area contributed by atoms with Gasteiger partial charge in [0.2, 0.25) is 0 Å². The highest BCUT2D eigenvalue weighted by Gasteiger charge is 2.02. The first-order valence-corrected chi connectivity index (χ1v) is 9.83. The van der Waals surface area contributed by atoms with E-state index >= 15 is 0 Å². The number of amides is 1. The molecule has 3 rings (SSSR count). The van der Waals surface area contributed by atoms with Gasteiger partial charge in [0.15, 0.2) is 0 Å². The number of rotatable bonds is 7. The molecule has 1 amide bonds. The highest BCUT2D eigenvalue weighted by atomic mass is 127. The fraction of sp³-hybridized carbons (Fsp3) is 0.0909. The molecule has 0 fully saturated rings. The molecule has 0 bridgehead atoms. The summed E-state index contributed by atoms with van der Waals surface area (Å²) in [6.45, 7) is 2.18. The first kappa shape index (κ1) is 19.9. The van der Waals surface area contributed by atoms with Gasteiger partial charge in [0.05, 0.1) is 12.8 Å². The molecule has 0 aliphatic carbocycles. The van der Waals surface area contributed by atoms with Crippen LogP contribution < -0.4 is 15.5 Å². The smallest absolute Gasteiger partial charge is 0.259 e. The van der Waals surface area contributed by atoms with Crippen LogP contribution in [0, 0.1) is 10.5 Å². The molecule has 0 aliphatic rings. The molecule has 0 aromatic heterocycles. The van der Waals surface area contributed by atoms with Crippen LogP contribution in [0.25, 0.3) is 0 Å². The third-order valence-corrected chi connectivity index (χ3v) is 5.06. The number of halogens is 1. The van der Waals surface area contributed by atoms with Gasteiger partial charge in [0.1, 0.15) is 11.5 Å². The number of hydrogen-bond donors (Lipinski definition) is 2. The van der Waals surface area contributed by atoms with Gasteiger partial charge < -0.3 is 10.1 Å². The van der Waals surface area contributed by atoms with Crippen molar-refractivity contribution in [3.05, 3.63) is 87.5 Å². The van der Waals surface area contributed by atoms with Gasteiger partial charge in [-0.25, -0.2) is 5.43 Å². The molecule has 0 heterocycles. The minimum Gasteiger partial charge on any atom is -0.457 e. The van der Waals surface area contributed by atoms with E-state index in [1.54, 1.807) is 6.21 Å². The van der Waals surface area contributed by atoms with Crippen molar-refractivity contribution in [1.29, 1.82) is 0 Å². The summed E-state index contributed by atoms with van der Waals surface area (Å²) >= 11 is 2.28. The van der Waals surface area contributed by atoms with Crippen LogP contribution in [0.1, 0.15) is 11.1 Å². The Bertz CT molecular complexity index is 975. The van der Waals surface area contributed by atoms with E-state index in [1.807, 2.05) is 79.7 Å². The average molecular weight is 485 g/mol. The topological polar surface area (TPSA) is 62.7 Å². The molecule has 0 radical (unpaired) electrons. The van der Waals surface area contributed by atoms with Gasteiger partial charge in [0, 0.05) is 9.26 Å². The van der Waals surface area contributed by atoms with Crippen LogP contribution >= 0.6 is 22.6 Å². The number of anilines is 1. The van der Waals surface area contributed by atoms with Gasteiger partial charge in [0.25, 0.3) is 5.91 Å². The zero-order valence-corrected chi connectivity index (χ0v) is 17.5. The fourth-order valence-electron chi connectivity index (χ4n) is 2.44. The molecule has 0 aliphatic heterocycles. The van der Waals surface area contributed by atoms with Gasteiger partial charge in [-0.15, -0.1) is 0 Å². The number of benzene rings is 3. The second-order valence-electron chi connectivity index (χ2n) is 6.10. The van der Waals surface area contributed by atoms with E-state index in [4.69, 9.17) is 4.74 Å². The van der Waals surface area contributed by atoms with E-state index in [1.165, 1.54) is 9.13 Å². The average Bonchev–Trinajstić information content (AvgIpc) is 2.70. The molecule has 2 N–H and O–H groups in total. The van der Waals surface area contributed by atoms with Crippen molar-refractivity contribution in [2.75, 3.05) is 11.9 Å². The number of carbonyl (C=O) groups is 1. The number of hydrogen-bond acceptors (Lipinski definition) is 4. The number of nitrogens with one attached hydrogen (secondary N) is 2. The van der Waals surface area contributed by atoms with E-state index in [0.29, 0.717) is 5.75 Å². The zero-order chi connectivity index (χ0) is 19.8. The van der Waals surface area contributed by atoms with Crippen LogP contribution in [-0.2, 0) is 4.79 Å². The summed E-state index contributed by atoms with van der Waals surface area (Å²) in [5.74, 6) is 1.25. The Labute approximate surface area is 178 Å². The Morgan fingerprint density at radius 2 is 1.82 bits per heavy atom. The van der Waals surface area contributed by atoms with E-state index < -0.39 is 0 Å². The Morgan fingerprint density at radius 3 is 2.61 bits per heavy atom. The Hall–Kier alpha value is -2.87. The third kappa shape index (κ3) is 6.09. The number of para-hydroxylation sites is 1. The minimum absolute atomic E-state index is 0.147. The summed E-state index contributed by atoms with van der Waals surface area (Å²) in [5, 5.41) is 7.10. The standard InChI is InChI=1S/C22H20IN3O2/c1-16-12-18(10-11-21(16)23)24-15-22(27)26-25-14-17-6-5-9-20(13-17)28-19-7-3-2-4-8-19/h2-14,24H,15H2,1H3,(H,26,27). The van der Waals surface area contributed by atoms with Crippen LogP contribution in [0.15, 0.2) is 77.9 Å². The van der Waals surface area contributed by atoms with Crippen molar-refractivity contribution in [3.8, 4) is 11.5 Å². The molecule has 0 atom stereocenters. The maximum atomic E-state index is 12.0. The second kappa shape index (κ2) is 9.89. The predicted molar refractivity (Wildman–Crippen MR) is 121 cm³/mol. The lowest BCUT2D eigenvalue weighted by atomic mass is 10.2. The van der Waals surface area contributed by atoms with Crippen molar-refractivity contribution >= 4 is 40.4 Å². The van der Waals surface area contributed by atoms with Crippen molar-refractivity contribution in [3.63, 3.8) is 0 Å². The van der Waals surface area contributed by atoms with Gasteiger partial charge >= 0.3 is 0 Å². The van der Waals surface area contributed by atoms with Crippen molar-refractivity contribution in [2.45, 2.75) is 6.92 Å². The number of carbonyl (C=O) groups excluding carboxylic acids is 1. The van der Waals surface area contributed by atoms with Crippen molar-refractivity contribution in [1.82, 2.24) is 5.43 Å². The molecule has 0 spiro atoms. The van der Waals surface area contributed by atoms with E-state index in [-0.39, 0.29) is 12.5 Å². The van der Waals surface area contributed by atoms with E-state index in [2.05, 4.69) is 38.4 Å². The summed E-state index contributed by atoms with van der Waals surface area (Å²) < 4.78 is 6.98. The minimum atomic E-state index is -0.218. The highest BCUT2D eigenvalue weighted by molar-refractivity contribution is 14.1. The molecule has 5 nitrogen and oxygen atoms in total. The molecule has 3 aromatic rings. The quantitative estimate of drug-likeness (QED) is 0.283. The fourth-order valence-corrected chi connectivity index (χ4v) is 2.77. The molecule has 28 heavy (non-hydrogen) atoms. The number of ether oxygens (including phenoxy) is 1. The molecule has 0 saturated carbocycles. The third-order valence-electron chi connectivity index (χ3n) is 3.85. The van der Waals surface area contributed by atoms with Crippen LogP contribution in [0.2, 0.25) is 0 Å². The summed E-state index contributed by atoms with van der Waals surface area (Å²) in [7, 11) is 0. The Balaban J connectivity index is 1.50. The predicted octanol–water partition coefficient (Wildman–Crippen LogP) is 4.95. The summed E-state index contributed by atoms with van der Waals surface area (Å²) in [6, 6.07) is 23.0. The Kier molecular flexibility index (Phi) is 7.02. The molecular weight excluding hydrogens is 465 g/mol. The molecule has 0 saturated heterocycles. The summed E-state index contributed by atoms with van der Waals surface area (Å²) in [4.78, 5) is 12.0. The van der Waals surface area contributed by atoms with Gasteiger partial charge in [-0.2, -0.15) is 5.10 Å². The van der Waals surface area contributed by atoms with Crippen molar-refractivity contribution in [2.24, 2.45) is 5.10 Å². The van der Waals surface area contributed by atoms with E-state index in [0.717, 1.165) is 17.0 Å². The SMILES string of the molecule is Cc1cc(NCC(=O)NN=Cc2cccc(Oc3ccccc3)c2)ccc1I. The second-order valence-corrected chi connectivity index (χ2v) is 7.26. The van der Waals surface area contributed by atoms with Gasteiger partial charge in [-0.1, -0.05) is 30.3 Å². The van der Waals surface area contributed by atoms with Gasteiger partial charge in [-0.3, -0.25) is 4.79 Å². The van der Waals surface area contributed by atoms with Crippen LogP contribution in [0.5, 0.6) is 11.5 Å².